The molecule has 0 N–H and O–H groups in total. The number of nitrogens with zero attached hydrogens (tertiary/aromatic N) is 5. The van der Waals surface area contributed by atoms with Crippen LogP contribution in [0.1, 0.15) is 5.56 Å². The zero-order chi connectivity index (χ0) is 36.6. The summed E-state index contributed by atoms with van der Waals surface area (Å²) < 4.78 is 7.00. The van der Waals surface area contributed by atoms with Crippen LogP contribution < -0.4 is 0 Å². The van der Waals surface area contributed by atoms with Gasteiger partial charge in [0.05, 0.1) is 62.7 Å². The van der Waals surface area contributed by atoms with Crippen LogP contribution in [0.2, 0.25) is 0 Å². The summed E-state index contributed by atoms with van der Waals surface area (Å²) in [6.07, 6.45) is 0. The van der Waals surface area contributed by atoms with Gasteiger partial charge in [-0.05, 0) is 77.7 Å². The van der Waals surface area contributed by atoms with Gasteiger partial charge in [-0.1, -0.05) is 109 Å². The molecule has 55 heavy (non-hydrogen) atoms. The minimum atomic E-state index is 0.575. The Morgan fingerprint density at radius 2 is 0.945 bits per heavy atom. The number of para-hydroxylation sites is 6. The number of benzene rings is 8. The van der Waals surface area contributed by atoms with Crippen molar-refractivity contribution in [3.05, 3.63) is 193 Å². The van der Waals surface area contributed by atoms with E-state index in [0.717, 1.165) is 82.8 Å². The summed E-state index contributed by atoms with van der Waals surface area (Å²) >= 11 is 0. The lowest BCUT2D eigenvalue weighted by atomic mass is 10.00. The summed E-state index contributed by atoms with van der Waals surface area (Å²) in [6, 6.07) is 63.7. The second-order valence-corrected chi connectivity index (χ2v) is 14.0. The van der Waals surface area contributed by atoms with Crippen molar-refractivity contribution >= 4 is 71.1 Å². The second kappa shape index (κ2) is 11.8. The summed E-state index contributed by atoms with van der Waals surface area (Å²) in [5.74, 6) is 0. The van der Waals surface area contributed by atoms with Gasteiger partial charge in [0, 0.05) is 38.2 Å². The SMILES string of the molecule is [C-]#[N+]c1ccc2c(c1)c1ccccc1n2-c1ccccc1-c1cc(C#N)cc(-n2c3ccccc3c3cccc(-n4c5ccccc5c5ccccc54)c32)c1. The van der Waals surface area contributed by atoms with Crippen molar-refractivity contribution in [2.24, 2.45) is 0 Å². The van der Waals surface area contributed by atoms with E-state index < -0.39 is 0 Å². The zero-order valence-corrected chi connectivity index (χ0v) is 29.5. The smallest absolute Gasteiger partial charge is 0.188 e. The van der Waals surface area contributed by atoms with Crippen LogP contribution in [-0.2, 0) is 0 Å². The van der Waals surface area contributed by atoms with Gasteiger partial charge in [-0.3, -0.25) is 0 Å². The van der Waals surface area contributed by atoms with Gasteiger partial charge in [-0.25, -0.2) is 4.85 Å². The Hall–Kier alpha value is -7.86. The fourth-order valence-electron chi connectivity index (χ4n) is 8.79. The number of rotatable bonds is 4. The molecule has 5 nitrogen and oxygen atoms in total. The molecule has 0 saturated heterocycles. The molecule has 11 aromatic rings. The van der Waals surface area contributed by atoms with Gasteiger partial charge in [0.2, 0.25) is 0 Å². The standard InChI is InChI=1S/C50H29N5/c1-52-34-25-26-48-42(30-34)40-17-6-11-23-47(40)54(48)43-19-7-2-13-36(43)33-27-32(31-51)28-35(29-33)53-44-20-8-5-16-39(44)41-18-12-24-49(50(41)53)55-45-21-9-3-14-37(45)38-15-4-10-22-46(38)55/h2-30H. The van der Waals surface area contributed by atoms with Crippen LogP contribution in [0.15, 0.2) is 176 Å². The minimum absolute atomic E-state index is 0.575. The number of hydrogen-bond donors (Lipinski definition) is 0. The van der Waals surface area contributed by atoms with Crippen LogP contribution in [0.5, 0.6) is 0 Å². The molecule has 0 unspecified atom stereocenters. The molecule has 3 aromatic heterocycles. The first kappa shape index (κ1) is 30.7. The molecule has 3 heterocycles. The Labute approximate surface area is 316 Å². The van der Waals surface area contributed by atoms with E-state index in [0.29, 0.717) is 11.3 Å². The van der Waals surface area contributed by atoms with Gasteiger partial charge in [0.15, 0.2) is 5.69 Å². The first-order valence-corrected chi connectivity index (χ1v) is 18.3. The highest BCUT2D eigenvalue weighted by Crippen LogP contribution is 2.42. The maximum atomic E-state index is 10.6. The molecule has 0 atom stereocenters. The Balaban J connectivity index is 1.21. The molecule has 0 bridgehead atoms. The Morgan fingerprint density at radius 3 is 1.60 bits per heavy atom. The Kier molecular flexibility index (Phi) is 6.61. The third-order valence-corrected chi connectivity index (χ3v) is 11.0. The third-order valence-electron chi connectivity index (χ3n) is 11.0. The maximum Gasteiger partial charge on any atom is 0.188 e. The third kappa shape index (κ3) is 4.45. The summed E-state index contributed by atoms with van der Waals surface area (Å²) in [5, 5.41) is 17.4. The number of nitriles is 1. The molecule has 11 rings (SSSR count). The highest BCUT2D eigenvalue weighted by atomic mass is 15.1. The van der Waals surface area contributed by atoms with Crippen molar-refractivity contribution in [2.75, 3.05) is 0 Å². The largest absolute Gasteiger partial charge is 0.309 e. The van der Waals surface area contributed by atoms with Gasteiger partial charge in [-0.2, -0.15) is 5.26 Å². The average Bonchev–Trinajstić information content (AvgIpc) is 3.89. The predicted molar refractivity (Wildman–Crippen MR) is 226 cm³/mol. The first-order valence-electron chi connectivity index (χ1n) is 18.3. The zero-order valence-electron chi connectivity index (χ0n) is 29.5. The number of hydrogen-bond acceptors (Lipinski definition) is 1. The van der Waals surface area contributed by atoms with E-state index in [1.165, 1.54) is 10.8 Å². The molecular weight excluding hydrogens is 671 g/mol. The summed E-state index contributed by atoms with van der Waals surface area (Å²) in [4.78, 5) is 3.73. The molecule has 0 radical (unpaired) electrons. The lowest BCUT2D eigenvalue weighted by Gasteiger charge is -2.17. The van der Waals surface area contributed by atoms with Crippen molar-refractivity contribution < 1.29 is 0 Å². The fraction of sp³-hybridized carbons (Fsp3) is 0. The Bertz CT molecular complexity index is 3420. The van der Waals surface area contributed by atoms with Gasteiger partial charge in [-0.15, -0.1) is 0 Å². The quantitative estimate of drug-likeness (QED) is 0.169. The van der Waals surface area contributed by atoms with Crippen molar-refractivity contribution in [3.63, 3.8) is 0 Å². The molecule has 8 aromatic carbocycles. The van der Waals surface area contributed by atoms with Gasteiger partial charge < -0.3 is 13.7 Å². The monoisotopic (exact) mass is 699 g/mol. The van der Waals surface area contributed by atoms with E-state index in [2.05, 4.69) is 164 Å². The molecule has 0 aliphatic rings. The second-order valence-electron chi connectivity index (χ2n) is 14.0. The molecule has 0 aliphatic heterocycles. The molecular formula is C50H29N5. The molecule has 0 saturated carbocycles. The van der Waals surface area contributed by atoms with Crippen LogP contribution in [0, 0.1) is 17.9 Å². The number of aromatic nitrogens is 3. The highest BCUT2D eigenvalue weighted by molar-refractivity contribution is 6.15. The molecule has 254 valence electrons. The fourth-order valence-corrected chi connectivity index (χ4v) is 8.79. The molecule has 0 amide bonds. The van der Waals surface area contributed by atoms with E-state index in [1.807, 2.05) is 36.4 Å². The average molecular weight is 700 g/mol. The van der Waals surface area contributed by atoms with E-state index in [4.69, 9.17) is 6.57 Å². The highest BCUT2D eigenvalue weighted by Gasteiger charge is 2.22. The summed E-state index contributed by atoms with van der Waals surface area (Å²) in [6.45, 7) is 7.68. The summed E-state index contributed by atoms with van der Waals surface area (Å²) in [7, 11) is 0. The molecule has 0 aliphatic carbocycles. The Morgan fingerprint density at radius 1 is 0.436 bits per heavy atom. The number of fused-ring (bicyclic) bond motifs is 9. The lowest BCUT2D eigenvalue weighted by molar-refractivity contribution is 1.13. The molecule has 0 fully saturated rings. The normalized spacial score (nSPS) is 11.6. The van der Waals surface area contributed by atoms with Gasteiger partial charge >= 0.3 is 0 Å². The van der Waals surface area contributed by atoms with Crippen molar-refractivity contribution in [3.8, 4) is 34.3 Å². The topological polar surface area (TPSA) is 42.9 Å². The van der Waals surface area contributed by atoms with Crippen LogP contribution in [0.25, 0.3) is 98.5 Å². The van der Waals surface area contributed by atoms with E-state index in [9.17, 15) is 5.26 Å². The lowest BCUT2D eigenvalue weighted by Crippen LogP contribution is -2.02. The van der Waals surface area contributed by atoms with Crippen molar-refractivity contribution in [1.29, 1.82) is 5.26 Å². The molecule has 5 heteroatoms. The maximum absolute atomic E-state index is 10.6. The molecule has 0 spiro atoms. The van der Waals surface area contributed by atoms with Crippen LogP contribution in [0.4, 0.5) is 5.69 Å². The van der Waals surface area contributed by atoms with Crippen LogP contribution in [0.3, 0.4) is 0 Å². The van der Waals surface area contributed by atoms with Crippen LogP contribution in [-0.4, -0.2) is 13.7 Å². The van der Waals surface area contributed by atoms with Crippen molar-refractivity contribution in [1.82, 2.24) is 13.7 Å². The van der Waals surface area contributed by atoms with Crippen LogP contribution >= 0.6 is 0 Å². The van der Waals surface area contributed by atoms with Crippen molar-refractivity contribution in [2.45, 2.75) is 0 Å². The first-order chi connectivity index (χ1) is 27.2. The van der Waals surface area contributed by atoms with Gasteiger partial charge in [0.25, 0.3) is 0 Å². The summed E-state index contributed by atoms with van der Waals surface area (Å²) in [5.41, 5.74) is 12.6. The van der Waals surface area contributed by atoms with E-state index >= 15 is 0 Å². The van der Waals surface area contributed by atoms with E-state index in [1.54, 1.807) is 0 Å². The minimum Gasteiger partial charge on any atom is -0.309 e. The van der Waals surface area contributed by atoms with Gasteiger partial charge in [0.1, 0.15) is 0 Å². The van der Waals surface area contributed by atoms with E-state index in [-0.39, 0.29) is 0 Å². The predicted octanol–water partition coefficient (Wildman–Crippen LogP) is 13.1.